The van der Waals surface area contributed by atoms with Crippen LogP contribution in [0.15, 0.2) is 29.3 Å². The molecule has 0 bridgehead atoms. The van der Waals surface area contributed by atoms with Crippen LogP contribution < -0.4 is 4.90 Å². The van der Waals surface area contributed by atoms with Gasteiger partial charge in [-0.2, -0.15) is 4.99 Å². The van der Waals surface area contributed by atoms with Gasteiger partial charge in [0.05, 0.1) is 17.5 Å². The fourth-order valence-corrected chi connectivity index (χ4v) is 7.34. The predicted octanol–water partition coefficient (Wildman–Crippen LogP) is 3.21. The van der Waals surface area contributed by atoms with Gasteiger partial charge in [-0.25, -0.2) is 8.42 Å². The van der Waals surface area contributed by atoms with Crippen molar-refractivity contribution in [3.8, 4) is 0 Å². The summed E-state index contributed by atoms with van der Waals surface area (Å²) >= 11 is 1.44. The molecule has 7 heteroatoms. The first-order valence-electron chi connectivity index (χ1n) is 8.69. The number of thioether (sulfide) groups is 1. The summed E-state index contributed by atoms with van der Waals surface area (Å²) in [7, 11) is -3.04. The van der Waals surface area contributed by atoms with Gasteiger partial charge in [-0.15, -0.1) is 0 Å². The molecule has 0 radical (unpaired) electrons. The van der Waals surface area contributed by atoms with Crippen LogP contribution in [0.25, 0.3) is 0 Å². The molecular weight excluding hydrogens is 356 g/mol. The van der Waals surface area contributed by atoms with Crippen molar-refractivity contribution in [3.63, 3.8) is 0 Å². The SMILES string of the molecule is CCCC(=O)N=C1S[C@H]2CS(=O)(=O)C[C@H]2N1c1ccccc1C(C)C. The number of carbonyl (C=O) groups is 1. The number of nitrogens with zero attached hydrogens (tertiary/aromatic N) is 2. The second kappa shape index (κ2) is 7.11. The molecular formula is C18H24N2O3S2. The normalized spacial score (nSPS) is 26.4. The zero-order valence-electron chi connectivity index (χ0n) is 14.8. The lowest BCUT2D eigenvalue weighted by molar-refractivity contribution is -0.117. The van der Waals surface area contributed by atoms with Crippen molar-refractivity contribution in [3.05, 3.63) is 29.8 Å². The number of rotatable bonds is 4. The van der Waals surface area contributed by atoms with Crippen LogP contribution in [0.5, 0.6) is 0 Å². The molecule has 2 aliphatic heterocycles. The van der Waals surface area contributed by atoms with Crippen LogP contribution in [-0.4, -0.2) is 42.3 Å². The minimum Gasteiger partial charge on any atom is -0.315 e. The van der Waals surface area contributed by atoms with E-state index in [9.17, 15) is 13.2 Å². The van der Waals surface area contributed by atoms with Crippen molar-refractivity contribution >= 4 is 38.4 Å². The van der Waals surface area contributed by atoms with Gasteiger partial charge in [-0.3, -0.25) is 4.79 Å². The van der Waals surface area contributed by atoms with E-state index in [1.807, 2.05) is 30.0 Å². The zero-order chi connectivity index (χ0) is 18.2. The highest BCUT2D eigenvalue weighted by Crippen LogP contribution is 2.43. The number of para-hydroxylation sites is 1. The minimum atomic E-state index is -3.04. The third-order valence-electron chi connectivity index (χ3n) is 4.57. The number of anilines is 1. The van der Waals surface area contributed by atoms with Gasteiger partial charge in [0.15, 0.2) is 15.0 Å². The lowest BCUT2D eigenvalue weighted by Crippen LogP contribution is -2.38. The molecule has 136 valence electrons. The molecule has 2 heterocycles. The molecule has 0 N–H and O–H groups in total. The molecule has 0 unspecified atom stereocenters. The fraction of sp³-hybridized carbons (Fsp3) is 0.556. The van der Waals surface area contributed by atoms with E-state index < -0.39 is 9.84 Å². The topological polar surface area (TPSA) is 66.8 Å². The number of aliphatic imine (C=N–C) groups is 1. The highest BCUT2D eigenvalue weighted by atomic mass is 32.2. The van der Waals surface area contributed by atoms with Crippen molar-refractivity contribution < 1.29 is 13.2 Å². The number of amides is 1. The molecule has 0 aliphatic carbocycles. The van der Waals surface area contributed by atoms with Gasteiger partial charge in [0.25, 0.3) is 0 Å². The predicted molar refractivity (Wildman–Crippen MR) is 104 cm³/mol. The van der Waals surface area contributed by atoms with Gasteiger partial charge in [-0.1, -0.05) is 50.7 Å². The molecule has 0 aromatic heterocycles. The zero-order valence-corrected chi connectivity index (χ0v) is 16.4. The highest BCUT2D eigenvalue weighted by Gasteiger charge is 2.49. The van der Waals surface area contributed by atoms with E-state index in [0.717, 1.165) is 17.7 Å². The molecule has 1 amide bonds. The average Bonchev–Trinajstić information content (AvgIpc) is 2.98. The fourth-order valence-electron chi connectivity index (χ4n) is 3.42. The number of amidine groups is 1. The van der Waals surface area contributed by atoms with Gasteiger partial charge < -0.3 is 4.90 Å². The van der Waals surface area contributed by atoms with Crippen molar-refractivity contribution in [1.82, 2.24) is 0 Å². The molecule has 2 fully saturated rings. The maximum absolute atomic E-state index is 12.1. The Labute approximate surface area is 153 Å². The van der Waals surface area contributed by atoms with Gasteiger partial charge in [0.1, 0.15) is 0 Å². The second-order valence-corrected chi connectivity index (χ2v) is 10.3. The smallest absolute Gasteiger partial charge is 0.248 e. The molecule has 2 aliphatic rings. The van der Waals surface area contributed by atoms with E-state index in [-0.39, 0.29) is 28.7 Å². The van der Waals surface area contributed by atoms with Crippen molar-refractivity contribution in [2.24, 2.45) is 4.99 Å². The Morgan fingerprint density at radius 2 is 2.04 bits per heavy atom. The van der Waals surface area contributed by atoms with Crippen LogP contribution in [-0.2, 0) is 14.6 Å². The number of hydrogen-bond donors (Lipinski definition) is 0. The van der Waals surface area contributed by atoms with Crippen LogP contribution in [0.1, 0.15) is 45.1 Å². The monoisotopic (exact) mass is 380 g/mol. The summed E-state index contributed by atoms with van der Waals surface area (Å²) in [5.74, 6) is 0.438. The maximum atomic E-state index is 12.1. The Bertz CT molecular complexity index is 802. The molecule has 2 saturated heterocycles. The first-order chi connectivity index (χ1) is 11.8. The Morgan fingerprint density at radius 1 is 1.32 bits per heavy atom. The summed E-state index contributed by atoms with van der Waals surface area (Å²) in [4.78, 5) is 18.4. The largest absolute Gasteiger partial charge is 0.315 e. The molecule has 5 nitrogen and oxygen atoms in total. The summed E-state index contributed by atoms with van der Waals surface area (Å²) in [6.45, 7) is 6.18. The number of carbonyl (C=O) groups excluding carboxylic acids is 1. The third-order valence-corrected chi connectivity index (χ3v) is 7.78. The number of hydrogen-bond acceptors (Lipinski definition) is 4. The lowest BCUT2D eigenvalue weighted by Gasteiger charge is -2.28. The molecule has 1 aromatic carbocycles. The van der Waals surface area contributed by atoms with Crippen molar-refractivity contribution in [1.29, 1.82) is 0 Å². The summed E-state index contributed by atoms with van der Waals surface area (Å²) in [5.41, 5.74) is 2.11. The Kier molecular flexibility index (Phi) is 5.25. The number of fused-ring (bicyclic) bond motifs is 1. The van der Waals surface area contributed by atoms with E-state index in [2.05, 4.69) is 24.9 Å². The van der Waals surface area contributed by atoms with Crippen molar-refractivity contribution in [2.45, 2.75) is 50.8 Å². The lowest BCUT2D eigenvalue weighted by atomic mass is 9.99. The summed E-state index contributed by atoms with van der Waals surface area (Å²) in [5, 5.41) is 0.592. The van der Waals surface area contributed by atoms with Crippen LogP contribution in [0.4, 0.5) is 5.69 Å². The molecule has 3 rings (SSSR count). The van der Waals surface area contributed by atoms with Gasteiger partial charge >= 0.3 is 0 Å². The summed E-state index contributed by atoms with van der Waals surface area (Å²) in [6.07, 6.45) is 1.17. The van der Waals surface area contributed by atoms with Crippen LogP contribution >= 0.6 is 11.8 Å². The first kappa shape index (κ1) is 18.5. The van der Waals surface area contributed by atoms with Gasteiger partial charge in [0.2, 0.25) is 5.91 Å². The second-order valence-electron chi connectivity index (χ2n) is 6.92. The number of benzene rings is 1. The molecule has 1 aromatic rings. The average molecular weight is 381 g/mol. The Balaban J connectivity index is 2.06. The van der Waals surface area contributed by atoms with Crippen LogP contribution in [0, 0.1) is 0 Å². The van der Waals surface area contributed by atoms with Crippen LogP contribution in [0.2, 0.25) is 0 Å². The quantitative estimate of drug-likeness (QED) is 0.802. The van der Waals surface area contributed by atoms with E-state index >= 15 is 0 Å². The summed E-state index contributed by atoms with van der Waals surface area (Å²) in [6, 6.07) is 7.86. The summed E-state index contributed by atoms with van der Waals surface area (Å²) < 4.78 is 24.2. The Morgan fingerprint density at radius 3 is 2.72 bits per heavy atom. The first-order valence-corrected chi connectivity index (χ1v) is 11.4. The van der Waals surface area contributed by atoms with Crippen molar-refractivity contribution in [2.75, 3.05) is 16.4 Å². The van der Waals surface area contributed by atoms with Gasteiger partial charge in [0, 0.05) is 17.4 Å². The Hall–Kier alpha value is -1.34. The molecule has 0 saturated carbocycles. The van der Waals surface area contributed by atoms with E-state index in [0.29, 0.717) is 17.5 Å². The molecule has 2 atom stereocenters. The minimum absolute atomic E-state index is 0.0570. The van der Waals surface area contributed by atoms with E-state index in [1.165, 1.54) is 11.8 Å². The highest BCUT2D eigenvalue weighted by molar-refractivity contribution is 8.16. The maximum Gasteiger partial charge on any atom is 0.248 e. The van der Waals surface area contributed by atoms with E-state index in [1.54, 1.807) is 0 Å². The molecule has 25 heavy (non-hydrogen) atoms. The molecule has 0 spiro atoms. The third kappa shape index (κ3) is 3.77. The standard InChI is InChI=1S/C18H24N2O3S2/c1-4-7-17(21)19-18-20(14-9-6-5-8-13(14)12(2)3)15-10-25(22,23)11-16(15)24-18/h5-6,8-9,12,15-16H,4,7,10-11H2,1-3H3/t15-,16+/m1/s1. The van der Waals surface area contributed by atoms with E-state index in [4.69, 9.17) is 0 Å². The number of sulfone groups is 1. The van der Waals surface area contributed by atoms with Gasteiger partial charge in [-0.05, 0) is 24.0 Å². The van der Waals surface area contributed by atoms with Crippen LogP contribution in [0.3, 0.4) is 0 Å².